The van der Waals surface area contributed by atoms with Crippen LogP contribution in [-0.4, -0.2) is 10.9 Å². The minimum absolute atomic E-state index is 0.0890. The van der Waals surface area contributed by atoms with Crippen LogP contribution in [0.1, 0.15) is 40.4 Å². The van der Waals surface area contributed by atoms with E-state index in [9.17, 15) is 4.79 Å². The first-order chi connectivity index (χ1) is 12.7. The zero-order valence-corrected chi connectivity index (χ0v) is 15.0. The molecular weight excluding hydrogens is 344 g/mol. The molecule has 0 saturated heterocycles. The molecule has 0 unspecified atom stereocenters. The second kappa shape index (κ2) is 7.30. The van der Waals surface area contributed by atoms with Crippen LogP contribution in [0.2, 0.25) is 5.02 Å². The molecule has 1 aromatic heterocycles. The number of nitrogens with one attached hydrogen (secondary N) is 1. The number of halogens is 1. The summed E-state index contributed by atoms with van der Waals surface area (Å²) in [6.45, 7) is 0.479. The molecule has 4 heteroatoms. The van der Waals surface area contributed by atoms with Crippen molar-refractivity contribution in [2.45, 2.75) is 25.3 Å². The third kappa shape index (κ3) is 3.94. The van der Waals surface area contributed by atoms with Gasteiger partial charge in [-0.1, -0.05) is 41.9 Å². The number of carbonyl (C=O) groups is 1. The standard InChI is InChI=1S/C22H19ClN2O/c23-20-3-1-2-19(12-20)16-5-9-18(10-6-16)22(26)25-14-15-4-11-21(24-13-15)17-7-8-17/h1-6,9-13,17H,7-8,14H2,(H,25,26). The molecule has 2 aromatic carbocycles. The lowest BCUT2D eigenvalue weighted by Gasteiger charge is -2.07. The summed E-state index contributed by atoms with van der Waals surface area (Å²) in [4.78, 5) is 16.8. The predicted molar refractivity (Wildman–Crippen MR) is 104 cm³/mol. The summed E-state index contributed by atoms with van der Waals surface area (Å²) in [5.74, 6) is 0.561. The SMILES string of the molecule is O=C(NCc1ccc(C2CC2)nc1)c1ccc(-c2cccc(Cl)c2)cc1. The Morgan fingerprint density at radius 3 is 2.50 bits per heavy atom. The zero-order chi connectivity index (χ0) is 17.9. The van der Waals surface area contributed by atoms with Crippen LogP contribution in [0.25, 0.3) is 11.1 Å². The summed E-state index contributed by atoms with van der Waals surface area (Å²) < 4.78 is 0. The van der Waals surface area contributed by atoms with E-state index in [1.807, 2.05) is 60.8 Å². The van der Waals surface area contributed by atoms with E-state index in [4.69, 9.17) is 11.6 Å². The number of amides is 1. The first-order valence-electron chi connectivity index (χ1n) is 8.78. The Morgan fingerprint density at radius 1 is 1.04 bits per heavy atom. The maximum absolute atomic E-state index is 12.4. The van der Waals surface area contributed by atoms with E-state index in [-0.39, 0.29) is 5.91 Å². The molecule has 3 aromatic rings. The van der Waals surface area contributed by atoms with Gasteiger partial charge in [0.1, 0.15) is 0 Å². The molecule has 0 aliphatic heterocycles. The zero-order valence-electron chi connectivity index (χ0n) is 14.3. The Kier molecular flexibility index (Phi) is 4.72. The maximum Gasteiger partial charge on any atom is 0.251 e. The number of benzene rings is 2. The van der Waals surface area contributed by atoms with E-state index >= 15 is 0 Å². The molecule has 0 spiro atoms. The van der Waals surface area contributed by atoms with Crippen molar-refractivity contribution in [1.29, 1.82) is 0 Å². The van der Waals surface area contributed by atoms with E-state index in [1.54, 1.807) is 0 Å². The van der Waals surface area contributed by atoms with Crippen LogP contribution in [0.3, 0.4) is 0 Å². The van der Waals surface area contributed by atoms with E-state index in [2.05, 4.69) is 16.4 Å². The van der Waals surface area contributed by atoms with Gasteiger partial charge in [-0.05, 0) is 59.9 Å². The summed E-state index contributed by atoms with van der Waals surface area (Å²) in [5.41, 5.74) is 4.88. The Labute approximate surface area is 158 Å². The Bertz CT molecular complexity index is 916. The monoisotopic (exact) mass is 362 g/mol. The molecule has 0 atom stereocenters. The van der Waals surface area contributed by atoms with Crippen molar-refractivity contribution in [3.05, 3.63) is 88.7 Å². The summed E-state index contributed by atoms with van der Waals surface area (Å²) in [6.07, 6.45) is 4.35. The van der Waals surface area contributed by atoms with Gasteiger partial charge in [0.15, 0.2) is 0 Å². The second-order valence-corrected chi connectivity index (χ2v) is 7.07. The molecule has 1 N–H and O–H groups in total. The van der Waals surface area contributed by atoms with Gasteiger partial charge in [0.25, 0.3) is 5.91 Å². The van der Waals surface area contributed by atoms with Gasteiger partial charge in [0.05, 0.1) is 0 Å². The van der Waals surface area contributed by atoms with Crippen molar-refractivity contribution in [3.8, 4) is 11.1 Å². The van der Waals surface area contributed by atoms with Gasteiger partial charge in [-0.15, -0.1) is 0 Å². The van der Waals surface area contributed by atoms with Gasteiger partial charge >= 0.3 is 0 Å². The fraction of sp³-hybridized carbons (Fsp3) is 0.182. The number of hydrogen-bond acceptors (Lipinski definition) is 2. The molecule has 4 rings (SSSR count). The lowest BCUT2D eigenvalue weighted by Crippen LogP contribution is -2.22. The first kappa shape index (κ1) is 16.8. The third-order valence-electron chi connectivity index (χ3n) is 4.60. The molecule has 3 nitrogen and oxygen atoms in total. The molecular formula is C22H19ClN2O. The molecule has 1 heterocycles. The lowest BCUT2D eigenvalue weighted by atomic mass is 10.0. The Balaban J connectivity index is 1.38. The van der Waals surface area contributed by atoms with Crippen LogP contribution in [0.15, 0.2) is 66.9 Å². The quantitative estimate of drug-likeness (QED) is 0.677. The van der Waals surface area contributed by atoms with Crippen LogP contribution in [-0.2, 0) is 6.54 Å². The maximum atomic E-state index is 12.4. The van der Waals surface area contributed by atoms with Crippen molar-refractivity contribution in [2.75, 3.05) is 0 Å². The number of pyridine rings is 1. The minimum Gasteiger partial charge on any atom is -0.348 e. The van der Waals surface area contributed by atoms with Gasteiger partial charge in [-0.3, -0.25) is 9.78 Å². The van der Waals surface area contributed by atoms with Gasteiger partial charge in [0.2, 0.25) is 0 Å². The number of hydrogen-bond donors (Lipinski definition) is 1. The third-order valence-corrected chi connectivity index (χ3v) is 4.84. The fourth-order valence-electron chi connectivity index (χ4n) is 2.93. The van der Waals surface area contributed by atoms with Gasteiger partial charge < -0.3 is 5.32 Å². The fourth-order valence-corrected chi connectivity index (χ4v) is 3.12. The summed E-state index contributed by atoms with van der Waals surface area (Å²) >= 11 is 6.04. The predicted octanol–water partition coefficient (Wildman–Crippen LogP) is 5.21. The average Bonchev–Trinajstić information content (AvgIpc) is 3.52. The van der Waals surface area contributed by atoms with Crippen molar-refractivity contribution in [1.82, 2.24) is 10.3 Å². The highest BCUT2D eigenvalue weighted by Gasteiger charge is 2.24. The lowest BCUT2D eigenvalue weighted by molar-refractivity contribution is 0.0951. The smallest absolute Gasteiger partial charge is 0.251 e. The van der Waals surface area contributed by atoms with Gasteiger partial charge in [-0.25, -0.2) is 0 Å². The number of carbonyl (C=O) groups excluding carboxylic acids is 1. The normalized spacial score (nSPS) is 13.4. The Morgan fingerprint density at radius 2 is 1.85 bits per heavy atom. The van der Waals surface area contributed by atoms with Gasteiger partial charge in [-0.2, -0.15) is 0 Å². The molecule has 0 bridgehead atoms. The molecule has 1 aliphatic rings. The van der Waals surface area contributed by atoms with E-state index < -0.39 is 0 Å². The highest BCUT2D eigenvalue weighted by molar-refractivity contribution is 6.30. The van der Waals surface area contributed by atoms with Crippen molar-refractivity contribution in [2.24, 2.45) is 0 Å². The molecule has 1 fully saturated rings. The molecule has 130 valence electrons. The summed E-state index contributed by atoms with van der Waals surface area (Å²) in [7, 11) is 0. The molecule has 1 aliphatic carbocycles. The molecule has 1 amide bonds. The molecule has 1 saturated carbocycles. The van der Waals surface area contributed by atoms with Crippen LogP contribution in [0, 0.1) is 0 Å². The first-order valence-corrected chi connectivity index (χ1v) is 9.16. The highest BCUT2D eigenvalue weighted by Crippen LogP contribution is 2.38. The van der Waals surface area contributed by atoms with E-state index in [0.29, 0.717) is 23.0 Å². The highest BCUT2D eigenvalue weighted by atomic mass is 35.5. The van der Waals surface area contributed by atoms with Crippen molar-refractivity contribution >= 4 is 17.5 Å². The van der Waals surface area contributed by atoms with Crippen LogP contribution >= 0.6 is 11.6 Å². The average molecular weight is 363 g/mol. The molecule has 0 radical (unpaired) electrons. The van der Waals surface area contributed by atoms with Crippen molar-refractivity contribution < 1.29 is 4.79 Å². The van der Waals surface area contributed by atoms with Crippen LogP contribution in [0.5, 0.6) is 0 Å². The van der Waals surface area contributed by atoms with Crippen molar-refractivity contribution in [3.63, 3.8) is 0 Å². The second-order valence-electron chi connectivity index (χ2n) is 6.64. The number of nitrogens with zero attached hydrogens (tertiary/aromatic N) is 1. The summed E-state index contributed by atoms with van der Waals surface area (Å²) in [5, 5.41) is 3.65. The minimum atomic E-state index is -0.0890. The summed E-state index contributed by atoms with van der Waals surface area (Å²) in [6, 6.07) is 19.3. The largest absolute Gasteiger partial charge is 0.348 e. The van der Waals surface area contributed by atoms with Crippen LogP contribution < -0.4 is 5.32 Å². The Hall–Kier alpha value is -2.65. The molecule has 26 heavy (non-hydrogen) atoms. The number of aromatic nitrogens is 1. The van der Waals surface area contributed by atoms with Gasteiger partial charge in [0, 0.05) is 34.9 Å². The van der Waals surface area contributed by atoms with E-state index in [1.165, 1.54) is 12.8 Å². The van der Waals surface area contributed by atoms with E-state index in [0.717, 1.165) is 22.4 Å². The van der Waals surface area contributed by atoms with Crippen LogP contribution in [0.4, 0.5) is 0 Å². The number of rotatable bonds is 5. The topological polar surface area (TPSA) is 42.0 Å².